The number of rotatable bonds is 14. The lowest BCUT2D eigenvalue weighted by Gasteiger charge is -2.03. The number of H-pyrrole nitrogens is 1. The summed E-state index contributed by atoms with van der Waals surface area (Å²) in [7, 11) is 0. The van der Waals surface area contributed by atoms with Crippen LogP contribution in [0.4, 0.5) is 0 Å². The summed E-state index contributed by atoms with van der Waals surface area (Å²) in [6.45, 7) is 4.51. The molecular formula is C19H35NOS. The minimum atomic E-state index is 0.180. The van der Waals surface area contributed by atoms with Crippen LogP contribution in [0.5, 0.6) is 0 Å². The lowest BCUT2D eigenvalue weighted by atomic mass is 10.0. The Balaban J connectivity index is 2.23. The van der Waals surface area contributed by atoms with Gasteiger partial charge < -0.3 is 0 Å². The topological polar surface area (TPSA) is 32.9 Å². The molecule has 0 aromatic carbocycles. The highest BCUT2D eigenvalue weighted by Crippen LogP contribution is 2.17. The van der Waals surface area contributed by atoms with Crippen LogP contribution in [0.2, 0.25) is 0 Å². The Bertz CT molecular complexity index is 421. The van der Waals surface area contributed by atoms with Crippen molar-refractivity contribution in [1.29, 1.82) is 0 Å². The van der Waals surface area contributed by atoms with E-state index in [1.807, 2.05) is 0 Å². The zero-order valence-corrected chi connectivity index (χ0v) is 15.5. The highest BCUT2D eigenvalue weighted by Gasteiger charge is 2.09. The second-order valence-electron chi connectivity index (χ2n) is 6.47. The van der Waals surface area contributed by atoms with E-state index in [0.29, 0.717) is 0 Å². The van der Waals surface area contributed by atoms with Gasteiger partial charge in [-0.1, -0.05) is 89.6 Å². The predicted octanol–water partition coefficient (Wildman–Crippen LogP) is 6.24. The van der Waals surface area contributed by atoms with E-state index < -0.39 is 0 Å². The van der Waals surface area contributed by atoms with Crippen molar-refractivity contribution >= 4 is 11.5 Å². The predicted molar refractivity (Wildman–Crippen MR) is 99.1 cm³/mol. The van der Waals surface area contributed by atoms with Crippen molar-refractivity contribution in [1.82, 2.24) is 4.37 Å². The van der Waals surface area contributed by atoms with E-state index in [9.17, 15) is 4.79 Å². The van der Waals surface area contributed by atoms with Crippen LogP contribution in [0.25, 0.3) is 0 Å². The molecule has 128 valence electrons. The number of nitrogens with one attached hydrogen (secondary N) is 1. The summed E-state index contributed by atoms with van der Waals surface area (Å²) in [5, 5.41) is 0. The molecule has 1 heterocycles. The summed E-state index contributed by atoms with van der Waals surface area (Å²) < 4.78 is 2.95. The first-order chi connectivity index (χ1) is 10.8. The fourth-order valence-electron chi connectivity index (χ4n) is 2.96. The standard InChI is InChI=1S/C19H35NOS/c1-3-5-7-9-11-13-15-17-18(22-20-19(17)21)16-14-12-10-8-6-4-2/h3-16H2,1-2H3,(H,20,21). The van der Waals surface area contributed by atoms with E-state index in [1.54, 1.807) is 11.5 Å². The monoisotopic (exact) mass is 325 g/mol. The van der Waals surface area contributed by atoms with Gasteiger partial charge in [0, 0.05) is 10.4 Å². The van der Waals surface area contributed by atoms with Gasteiger partial charge in [0.1, 0.15) is 0 Å². The molecule has 2 nitrogen and oxygen atoms in total. The van der Waals surface area contributed by atoms with Crippen LogP contribution in [0.15, 0.2) is 4.79 Å². The van der Waals surface area contributed by atoms with Crippen LogP contribution >= 0.6 is 11.5 Å². The van der Waals surface area contributed by atoms with Crippen molar-refractivity contribution < 1.29 is 0 Å². The van der Waals surface area contributed by atoms with Gasteiger partial charge in [0.05, 0.1) is 0 Å². The average molecular weight is 326 g/mol. The first-order valence-corrected chi connectivity index (χ1v) is 10.3. The van der Waals surface area contributed by atoms with E-state index in [1.165, 1.54) is 81.9 Å². The van der Waals surface area contributed by atoms with Crippen LogP contribution in [-0.4, -0.2) is 4.37 Å². The highest BCUT2D eigenvalue weighted by molar-refractivity contribution is 7.05. The van der Waals surface area contributed by atoms with Crippen molar-refractivity contribution in [2.45, 2.75) is 104 Å². The molecule has 0 atom stereocenters. The quantitative estimate of drug-likeness (QED) is 0.403. The Morgan fingerprint density at radius 3 is 1.82 bits per heavy atom. The third-order valence-corrected chi connectivity index (χ3v) is 5.40. The molecule has 0 fully saturated rings. The Morgan fingerprint density at radius 1 is 0.727 bits per heavy atom. The van der Waals surface area contributed by atoms with Crippen molar-refractivity contribution in [3.63, 3.8) is 0 Å². The van der Waals surface area contributed by atoms with Crippen molar-refractivity contribution in [2.24, 2.45) is 0 Å². The third kappa shape index (κ3) is 8.17. The molecule has 0 aliphatic carbocycles. The van der Waals surface area contributed by atoms with E-state index in [4.69, 9.17) is 0 Å². The SMILES string of the molecule is CCCCCCCCc1s[nH]c(=O)c1CCCCCCCC. The molecule has 22 heavy (non-hydrogen) atoms. The highest BCUT2D eigenvalue weighted by atomic mass is 32.1. The molecule has 0 bridgehead atoms. The summed E-state index contributed by atoms with van der Waals surface area (Å²) in [5.74, 6) is 0. The van der Waals surface area contributed by atoms with Gasteiger partial charge in [0.2, 0.25) is 0 Å². The lowest BCUT2D eigenvalue weighted by molar-refractivity contribution is 0.600. The van der Waals surface area contributed by atoms with Gasteiger partial charge in [-0.05, 0) is 25.7 Å². The molecule has 0 amide bonds. The van der Waals surface area contributed by atoms with Gasteiger partial charge in [-0.15, -0.1) is 0 Å². The van der Waals surface area contributed by atoms with E-state index in [0.717, 1.165) is 18.4 Å². The molecular weight excluding hydrogens is 290 g/mol. The van der Waals surface area contributed by atoms with Crippen LogP contribution in [-0.2, 0) is 12.8 Å². The van der Waals surface area contributed by atoms with Crippen molar-refractivity contribution in [2.75, 3.05) is 0 Å². The third-order valence-electron chi connectivity index (χ3n) is 4.42. The molecule has 1 aromatic heterocycles. The second-order valence-corrected chi connectivity index (χ2v) is 7.37. The molecule has 1 N–H and O–H groups in total. The number of aromatic amines is 1. The van der Waals surface area contributed by atoms with Gasteiger partial charge in [0.25, 0.3) is 5.56 Å². The molecule has 0 saturated heterocycles. The maximum absolute atomic E-state index is 11.9. The number of hydrogen-bond acceptors (Lipinski definition) is 2. The van der Waals surface area contributed by atoms with Crippen molar-refractivity contribution in [3.8, 4) is 0 Å². The molecule has 0 radical (unpaired) electrons. The van der Waals surface area contributed by atoms with Crippen molar-refractivity contribution in [3.05, 3.63) is 20.8 Å². The smallest absolute Gasteiger partial charge is 0.261 e. The number of aryl methyl sites for hydroxylation is 1. The Morgan fingerprint density at radius 2 is 1.23 bits per heavy atom. The molecule has 1 rings (SSSR count). The van der Waals surface area contributed by atoms with Crippen LogP contribution in [0, 0.1) is 0 Å². The second kappa shape index (κ2) is 12.9. The largest absolute Gasteiger partial charge is 0.277 e. The molecule has 0 unspecified atom stereocenters. The van der Waals surface area contributed by atoms with E-state index in [2.05, 4.69) is 18.2 Å². The normalized spacial score (nSPS) is 11.2. The molecule has 0 saturated carbocycles. The molecule has 3 heteroatoms. The van der Waals surface area contributed by atoms with E-state index in [-0.39, 0.29) is 5.56 Å². The maximum atomic E-state index is 11.9. The summed E-state index contributed by atoms with van der Waals surface area (Å²) in [6.07, 6.45) is 17.8. The van der Waals surface area contributed by atoms with Gasteiger partial charge >= 0.3 is 0 Å². The minimum absolute atomic E-state index is 0.180. The Kier molecular flexibility index (Phi) is 11.4. The molecule has 0 aliphatic heterocycles. The zero-order chi connectivity index (χ0) is 16.0. The average Bonchev–Trinajstić information content (AvgIpc) is 2.87. The fraction of sp³-hybridized carbons (Fsp3) is 0.842. The number of hydrogen-bond donors (Lipinski definition) is 1. The van der Waals surface area contributed by atoms with Gasteiger partial charge in [0.15, 0.2) is 0 Å². The Labute approximate surface area is 140 Å². The summed E-state index contributed by atoms with van der Waals surface area (Å²) in [5.41, 5.74) is 1.27. The van der Waals surface area contributed by atoms with Gasteiger partial charge in [-0.2, -0.15) is 0 Å². The molecule has 0 spiro atoms. The lowest BCUT2D eigenvalue weighted by Crippen LogP contribution is -2.07. The Hall–Kier alpha value is -0.570. The fourth-order valence-corrected chi connectivity index (χ4v) is 3.86. The first kappa shape index (κ1) is 19.5. The minimum Gasteiger partial charge on any atom is -0.277 e. The first-order valence-electron chi connectivity index (χ1n) is 9.48. The molecule has 0 aliphatic rings. The van der Waals surface area contributed by atoms with Crippen LogP contribution in [0.3, 0.4) is 0 Å². The number of unbranched alkanes of at least 4 members (excludes halogenated alkanes) is 10. The summed E-state index contributed by atoms with van der Waals surface area (Å²) in [6, 6.07) is 0. The molecule has 1 aromatic rings. The van der Waals surface area contributed by atoms with Crippen LogP contribution < -0.4 is 5.56 Å². The maximum Gasteiger partial charge on any atom is 0.261 e. The zero-order valence-electron chi connectivity index (χ0n) is 14.7. The van der Waals surface area contributed by atoms with Gasteiger partial charge in [-0.25, -0.2) is 0 Å². The number of aromatic nitrogens is 1. The van der Waals surface area contributed by atoms with Crippen LogP contribution in [0.1, 0.15) is 101 Å². The summed E-state index contributed by atoms with van der Waals surface area (Å²) >= 11 is 1.58. The van der Waals surface area contributed by atoms with E-state index >= 15 is 0 Å². The van der Waals surface area contributed by atoms with Gasteiger partial charge in [-0.3, -0.25) is 9.17 Å². The summed E-state index contributed by atoms with van der Waals surface area (Å²) in [4.78, 5) is 13.3.